The Labute approximate surface area is 178 Å². The Bertz CT molecular complexity index is 1020. The Morgan fingerprint density at radius 3 is 2.32 bits per heavy atom. The molecule has 0 unspecified atom stereocenters. The first kappa shape index (κ1) is 19.8. The van der Waals surface area contributed by atoms with Crippen molar-refractivity contribution in [2.45, 2.75) is 26.7 Å². The number of rotatable bonds is 3. The molecule has 1 aliphatic rings. The number of halogens is 3. The summed E-state index contributed by atoms with van der Waals surface area (Å²) in [5, 5.41) is 11.9. The van der Waals surface area contributed by atoms with Gasteiger partial charge in [-0.3, -0.25) is 4.57 Å². The van der Waals surface area contributed by atoms with Crippen LogP contribution < -0.4 is 4.90 Å². The van der Waals surface area contributed by atoms with Gasteiger partial charge in [0, 0.05) is 30.9 Å². The minimum Gasteiger partial charge on any atom is -0.396 e. The zero-order valence-electron chi connectivity index (χ0n) is 15.7. The van der Waals surface area contributed by atoms with Crippen LogP contribution in [0.25, 0.3) is 16.7 Å². The fraction of sp³-hybridized carbons (Fsp3) is 0.400. The predicted molar refractivity (Wildman–Crippen MR) is 115 cm³/mol. The lowest BCUT2D eigenvalue weighted by Gasteiger charge is -2.32. The van der Waals surface area contributed by atoms with Crippen LogP contribution >= 0.6 is 34.8 Å². The number of hydrogen-bond donors (Lipinski definition) is 1. The van der Waals surface area contributed by atoms with E-state index in [1.54, 1.807) is 12.1 Å². The number of piperidine rings is 1. The molecule has 3 aromatic rings. The number of aromatic nitrogens is 3. The van der Waals surface area contributed by atoms with Crippen molar-refractivity contribution in [3.63, 3.8) is 0 Å². The molecular weight excluding hydrogens is 419 g/mol. The second-order valence-corrected chi connectivity index (χ2v) is 8.56. The number of nitrogens with zero attached hydrogens (tertiary/aromatic N) is 4. The van der Waals surface area contributed by atoms with Crippen molar-refractivity contribution in [3.8, 4) is 5.69 Å². The highest BCUT2D eigenvalue weighted by Crippen LogP contribution is 2.38. The standard InChI is InChI=1S/C20H21Cl3N4O/c1-11-9-27(18-15(22)7-14(21)8-16(18)23)20-17(11)19(24-12(2)25-20)26-5-3-13(10-28)4-6-26/h7-9,13,28H,3-6,10H2,1-2H3. The topological polar surface area (TPSA) is 54.2 Å². The SMILES string of the molecule is Cc1nc(N2CCC(CO)CC2)c2c(C)cn(-c3c(Cl)cc(Cl)cc3Cl)c2n1. The molecule has 0 spiro atoms. The van der Waals surface area contributed by atoms with Gasteiger partial charge in [-0.15, -0.1) is 0 Å². The van der Waals surface area contributed by atoms with E-state index in [4.69, 9.17) is 44.8 Å². The molecule has 0 saturated carbocycles. The van der Waals surface area contributed by atoms with E-state index in [9.17, 15) is 5.11 Å². The molecule has 1 aliphatic heterocycles. The van der Waals surface area contributed by atoms with Crippen molar-refractivity contribution in [1.82, 2.24) is 14.5 Å². The molecule has 148 valence electrons. The highest BCUT2D eigenvalue weighted by molar-refractivity contribution is 6.40. The Morgan fingerprint density at radius 2 is 1.71 bits per heavy atom. The quantitative estimate of drug-likeness (QED) is 0.609. The number of benzene rings is 1. The van der Waals surface area contributed by atoms with Crippen molar-refractivity contribution in [3.05, 3.63) is 44.8 Å². The van der Waals surface area contributed by atoms with Gasteiger partial charge in [-0.2, -0.15) is 0 Å². The summed E-state index contributed by atoms with van der Waals surface area (Å²) in [6.07, 6.45) is 3.90. The third-order valence-electron chi connectivity index (χ3n) is 5.32. The molecule has 28 heavy (non-hydrogen) atoms. The lowest BCUT2D eigenvalue weighted by molar-refractivity contribution is 0.203. The molecular formula is C20H21Cl3N4O. The number of fused-ring (bicyclic) bond motifs is 1. The first-order valence-electron chi connectivity index (χ1n) is 9.26. The fourth-order valence-electron chi connectivity index (χ4n) is 3.88. The molecule has 4 rings (SSSR count). The van der Waals surface area contributed by atoms with Gasteiger partial charge in [-0.1, -0.05) is 34.8 Å². The first-order valence-corrected chi connectivity index (χ1v) is 10.4. The molecule has 1 saturated heterocycles. The zero-order chi connectivity index (χ0) is 20.0. The number of hydrogen-bond acceptors (Lipinski definition) is 4. The molecule has 5 nitrogen and oxygen atoms in total. The number of anilines is 1. The molecule has 3 heterocycles. The maximum absolute atomic E-state index is 9.43. The van der Waals surface area contributed by atoms with E-state index in [2.05, 4.69) is 4.90 Å². The minimum absolute atomic E-state index is 0.245. The Morgan fingerprint density at radius 1 is 1.07 bits per heavy atom. The summed E-state index contributed by atoms with van der Waals surface area (Å²) in [6, 6.07) is 3.36. The van der Waals surface area contributed by atoms with Crippen LogP contribution in [0.4, 0.5) is 5.82 Å². The van der Waals surface area contributed by atoms with Crippen LogP contribution in [-0.2, 0) is 0 Å². The summed E-state index contributed by atoms with van der Waals surface area (Å²) in [5.41, 5.74) is 2.49. The van der Waals surface area contributed by atoms with Gasteiger partial charge < -0.3 is 10.0 Å². The van der Waals surface area contributed by atoms with E-state index in [0.29, 0.717) is 32.5 Å². The van der Waals surface area contributed by atoms with E-state index in [1.165, 1.54) is 0 Å². The second-order valence-electron chi connectivity index (χ2n) is 7.31. The van der Waals surface area contributed by atoms with E-state index >= 15 is 0 Å². The van der Waals surface area contributed by atoms with Gasteiger partial charge in [0.1, 0.15) is 11.6 Å². The Hall–Kier alpha value is -1.53. The van der Waals surface area contributed by atoms with Crippen LogP contribution in [-0.4, -0.2) is 39.3 Å². The van der Waals surface area contributed by atoms with E-state index in [-0.39, 0.29) is 6.61 Å². The molecule has 1 aromatic carbocycles. The number of aliphatic hydroxyl groups is 1. The molecule has 2 aromatic heterocycles. The summed E-state index contributed by atoms with van der Waals surface area (Å²) in [7, 11) is 0. The van der Waals surface area contributed by atoms with Gasteiger partial charge in [0.15, 0.2) is 5.65 Å². The smallest absolute Gasteiger partial charge is 0.150 e. The van der Waals surface area contributed by atoms with E-state index in [1.807, 2.05) is 24.6 Å². The average Bonchev–Trinajstić information content (AvgIpc) is 2.96. The van der Waals surface area contributed by atoms with Gasteiger partial charge in [-0.25, -0.2) is 9.97 Å². The van der Waals surface area contributed by atoms with Crippen LogP contribution in [0.3, 0.4) is 0 Å². The summed E-state index contributed by atoms with van der Waals surface area (Å²) in [5.74, 6) is 1.98. The van der Waals surface area contributed by atoms with Gasteiger partial charge in [0.2, 0.25) is 0 Å². The van der Waals surface area contributed by atoms with Crippen molar-refractivity contribution >= 4 is 51.7 Å². The van der Waals surface area contributed by atoms with E-state index in [0.717, 1.165) is 48.3 Å². The van der Waals surface area contributed by atoms with Gasteiger partial charge in [-0.05, 0) is 50.3 Å². The molecule has 0 amide bonds. The van der Waals surface area contributed by atoms with Crippen LogP contribution in [0, 0.1) is 19.8 Å². The summed E-state index contributed by atoms with van der Waals surface area (Å²) >= 11 is 19.0. The van der Waals surface area contributed by atoms with Crippen molar-refractivity contribution in [2.24, 2.45) is 5.92 Å². The van der Waals surface area contributed by atoms with Crippen LogP contribution in [0.2, 0.25) is 15.1 Å². The predicted octanol–water partition coefficient (Wildman–Crippen LogP) is 5.21. The van der Waals surface area contributed by atoms with Crippen LogP contribution in [0.1, 0.15) is 24.2 Å². The Kier molecular flexibility index (Phi) is 5.45. The van der Waals surface area contributed by atoms with E-state index < -0.39 is 0 Å². The molecule has 0 radical (unpaired) electrons. The summed E-state index contributed by atoms with van der Waals surface area (Å²) in [6.45, 7) is 5.91. The number of aliphatic hydroxyl groups excluding tert-OH is 1. The van der Waals surface area contributed by atoms with Gasteiger partial charge in [0.05, 0.1) is 21.1 Å². The van der Waals surface area contributed by atoms with Gasteiger partial charge >= 0.3 is 0 Å². The van der Waals surface area contributed by atoms with Crippen molar-refractivity contribution in [2.75, 3.05) is 24.6 Å². The van der Waals surface area contributed by atoms with Crippen molar-refractivity contribution in [1.29, 1.82) is 0 Å². The average molecular weight is 440 g/mol. The molecule has 0 atom stereocenters. The largest absolute Gasteiger partial charge is 0.396 e. The maximum atomic E-state index is 9.43. The fourth-order valence-corrected chi connectivity index (χ4v) is 4.88. The zero-order valence-corrected chi connectivity index (χ0v) is 18.0. The summed E-state index contributed by atoms with van der Waals surface area (Å²) in [4.78, 5) is 11.7. The lowest BCUT2D eigenvalue weighted by Crippen LogP contribution is -2.35. The van der Waals surface area contributed by atoms with Gasteiger partial charge in [0.25, 0.3) is 0 Å². The highest BCUT2D eigenvalue weighted by atomic mass is 35.5. The third kappa shape index (κ3) is 3.45. The third-order valence-corrected chi connectivity index (χ3v) is 6.12. The first-order chi connectivity index (χ1) is 13.4. The molecule has 8 heteroatoms. The maximum Gasteiger partial charge on any atom is 0.150 e. The van der Waals surface area contributed by atoms with Crippen LogP contribution in [0.5, 0.6) is 0 Å². The highest BCUT2D eigenvalue weighted by Gasteiger charge is 2.25. The molecule has 0 aliphatic carbocycles. The summed E-state index contributed by atoms with van der Waals surface area (Å²) < 4.78 is 1.92. The molecule has 1 N–H and O–H groups in total. The Balaban J connectivity index is 1.88. The molecule has 1 fully saturated rings. The monoisotopic (exact) mass is 438 g/mol. The van der Waals surface area contributed by atoms with Crippen LogP contribution in [0.15, 0.2) is 18.3 Å². The second kappa shape index (κ2) is 7.71. The lowest BCUT2D eigenvalue weighted by atomic mass is 9.98. The number of aryl methyl sites for hydroxylation is 2. The minimum atomic E-state index is 0.245. The van der Waals surface area contributed by atoms with Crippen molar-refractivity contribution < 1.29 is 5.11 Å². The normalized spacial score (nSPS) is 15.6. The molecule has 0 bridgehead atoms.